The smallest absolute Gasteiger partial charge is 0.323 e. The maximum absolute atomic E-state index is 12.1. The number of rotatable bonds is 7. The molecule has 1 aliphatic rings. The number of carboxylic acids is 1. The van der Waals surface area contributed by atoms with Gasteiger partial charge in [0.05, 0.1) is 18.5 Å². The average molecular weight is 293 g/mol. The maximum atomic E-state index is 12.1. The summed E-state index contributed by atoms with van der Waals surface area (Å²) in [4.78, 5) is 28.3. The Morgan fingerprint density at radius 2 is 2.24 bits per heavy atom. The molecule has 2 N–H and O–H groups in total. The Morgan fingerprint density at radius 1 is 1.48 bits per heavy atom. The molecular formula is C14H19N3O4. The first kappa shape index (κ1) is 15.1. The molecule has 0 unspecified atom stereocenters. The summed E-state index contributed by atoms with van der Waals surface area (Å²) < 4.78 is 5.21. The Hall–Kier alpha value is -2.31. The summed E-state index contributed by atoms with van der Waals surface area (Å²) in [5, 5.41) is 11.5. The van der Waals surface area contributed by atoms with Crippen molar-refractivity contribution in [3.8, 4) is 5.88 Å². The van der Waals surface area contributed by atoms with Crippen LogP contribution in [0.15, 0.2) is 18.3 Å². The number of aromatic nitrogens is 1. The van der Waals surface area contributed by atoms with Crippen LogP contribution in [0, 0.1) is 5.92 Å². The number of amides is 2. The fourth-order valence-corrected chi connectivity index (χ4v) is 1.88. The first-order valence-corrected chi connectivity index (χ1v) is 6.95. The van der Waals surface area contributed by atoms with E-state index in [4.69, 9.17) is 9.84 Å². The third-order valence-corrected chi connectivity index (χ3v) is 3.07. The number of carbonyl (C=O) groups excluding carboxylic acids is 1. The number of hydrogen-bond donors (Lipinski definition) is 2. The fraction of sp³-hybridized carbons (Fsp3) is 0.500. The van der Waals surface area contributed by atoms with Crippen molar-refractivity contribution in [3.05, 3.63) is 18.3 Å². The number of nitrogens with one attached hydrogen (secondary N) is 1. The van der Waals surface area contributed by atoms with Gasteiger partial charge in [0.2, 0.25) is 5.88 Å². The molecule has 0 radical (unpaired) electrons. The van der Waals surface area contributed by atoms with E-state index >= 15 is 0 Å². The molecule has 0 atom stereocenters. The van der Waals surface area contributed by atoms with Crippen LogP contribution in [-0.4, -0.2) is 46.7 Å². The van der Waals surface area contributed by atoms with Crippen LogP contribution in [0.25, 0.3) is 0 Å². The van der Waals surface area contributed by atoms with Crippen molar-refractivity contribution in [1.29, 1.82) is 0 Å². The average Bonchev–Trinajstić information content (AvgIpc) is 3.24. The number of anilines is 1. The van der Waals surface area contributed by atoms with Gasteiger partial charge in [-0.15, -0.1) is 0 Å². The van der Waals surface area contributed by atoms with Crippen LogP contribution in [0.1, 0.15) is 19.8 Å². The first-order valence-electron chi connectivity index (χ1n) is 6.95. The Balaban J connectivity index is 1.94. The van der Waals surface area contributed by atoms with E-state index < -0.39 is 12.0 Å². The molecule has 2 amide bonds. The Kier molecular flexibility index (Phi) is 4.97. The molecule has 7 heteroatoms. The standard InChI is InChI=1S/C14H19N3O4/c1-2-21-12-6-5-11(7-15-12)16-14(20)17(9-13(18)19)8-10-3-4-10/h5-7,10H,2-4,8-9H2,1H3,(H,16,20)(H,18,19). The van der Waals surface area contributed by atoms with Crippen molar-refractivity contribution in [2.24, 2.45) is 5.92 Å². The van der Waals surface area contributed by atoms with Gasteiger partial charge in [-0.3, -0.25) is 4.79 Å². The van der Waals surface area contributed by atoms with Crippen molar-refractivity contribution in [2.75, 3.05) is 25.0 Å². The molecule has 21 heavy (non-hydrogen) atoms. The summed E-state index contributed by atoms with van der Waals surface area (Å²) in [5.74, 6) is -0.111. The third kappa shape index (κ3) is 4.94. The van der Waals surface area contributed by atoms with Gasteiger partial charge < -0.3 is 20.1 Å². The van der Waals surface area contributed by atoms with Crippen molar-refractivity contribution >= 4 is 17.7 Å². The third-order valence-electron chi connectivity index (χ3n) is 3.07. The lowest BCUT2D eigenvalue weighted by atomic mass is 10.3. The van der Waals surface area contributed by atoms with Crippen LogP contribution in [-0.2, 0) is 4.79 Å². The molecule has 0 saturated heterocycles. The summed E-state index contributed by atoms with van der Waals surface area (Å²) >= 11 is 0. The molecule has 1 aromatic heterocycles. The lowest BCUT2D eigenvalue weighted by Crippen LogP contribution is -2.40. The van der Waals surface area contributed by atoms with Crippen LogP contribution in [0.4, 0.5) is 10.5 Å². The number of aliphatic carboxylic acids is 1. The zero-order chi connectivity index (χ0) is 15.2. The number of carbonyl (C=O) groups is 2. The van der Waals surface area contributed by atoms with E-state index in [1.54, 1.807) is 12.1 Å². The van der Waals surface area contributed by atoms with Crippen molar-refractivity contribution in [1.82, 2.24) is 9.88 Å². The van der Waals surface area contributed by atoms with E-state index in [2.05, 4.69) is 10.3 Å². The minimum absolute atomic E-state index is 0.299. The monoisotopic (exact) mass is 293 g/mol. The van der Waals surface area contributed by atoms with Crippen molar-refractivity contribution in [3.63, 3.8) is 0 Å². The van der Waals surface area contributed by atoms with Gasteiger partial charge in [0, 0.05) is 12.6 Å². The van der Waals surface area contributed by atoms with Gasteiger partial charge in [0.1, 0.15) is 6.54 Å². The van der Waals surface area contributed by atoms with E-state index in [1.807, 2.05) is 6.92 Å². The van der Waals surface area contributed by atoms with E-state index in [9.17, 15) is 9.59 Å². The van der Waals surface area contributed by atoms with Crippen LogP contribution in [0.2, 0.25) is 0 Å². The molecule has 7 nitrogen and oxygen atoms in total. The molecule has 114 valence electrons. The van der Waals surface area contributed by atoms with Gasteiger partial charge in [-0.2, -0.15) is 0 Å². The highest BCUT2D eigenvalue weighted by molar-refractivity contribution is 5.91. The summed E-state index contributed by atoms with van der Waals surface area (Å²) in [7, 11) is 0. The topological polar surface area (TPSA) is 91.8 Å². The molecule has 0 bridgehead atoms. The second-order valence-electron chi connectivity index (χ2n) is 4.97. The lowest BCUT2D eigenvalue weighted by Gasteiger charge is -2.21. The summed E-state index contributed by atoms with van der Waals surface area (Å²) in [5.41, 5.74) is 0.509. The zero-order valence-corrected chi connectivity index (χ0v) is 11.9. The highest BCUT2D eigenvalue weighted by Gasteiger charge is 2.28. The predicted octanol–water partition coefficient (Wildman–Crippen LogP) is 1.81. The second-order valence-corrected chi connectivity index (χ2v) is 4.97. The molecular weight excluding hydrogens is 274 g/mol. The predicted molar refractivity (Wildman–Crippen MR) is 76.4 cm³/mol. The Bertz CT molecular complexity index is 499. The number of pyridine rings is 1. The minimum Gasteiger partial charge on any atom is -0.480 e. The van der Waals surface area contributed by atoms with Gasteiger partial charge >= 0.3 is 12.0 Å². The number of ether oxygens (including phenoxy) is 1. The van der Waals surface area contributed by atoms with E-state index in [0.29, 0.717) is 30.6 Å². The van der Waals surface area contributed by atoms with Crippen LogP contribution >= 0.6 is 0 Å². The molecule has 0 aromatic carbocycles. The largest absolute Gasteiger partial charge is 0.480 e. The number of urea groups is 1. The van der Waals surface area contributed by atoms with Gasteiger partial charge in [-0.25, -0.2) is 9.78 Å². The SMILES string of the molecule is CCOc1ccc(NC(=O)N(CC(=O)O)CC2CC2)cn1. The van der Waals surface area contributed by atoms with Crippen molar-refractivity contribution < 1.29 is 19.4 Å². The maximum Gasteiger partial charge on any atom is 0.323 e. The van der Waals surface area contributed by atoms with Crippen LogP contribution < -0.4 is 10.1 Å². The molecule has 1 aliphatic carbocycles. The molecule has 1 aromatic rings. The zero-order valence-electron chi connectivity index (χ0n) is 11.9. The normalized spacial score (nSPS) is 13.6. The van der Waals surface area contributed by atoms with E-state index in [0.717, 1.165) is 12.8 Å². The van der Waals surface area contributed by atoms with Gasteiger partial charge in [-0.1, -0.05) is 0 Å². The Labute approximate surface area is 122 Å². The number of nitrogens with zero attached hydrogens (tertiary/aromatic N) is 2. The van der Waals surface area contributed by atoms with Gasteiger partial charge in [-0.05, 0) is 31.7 Å². The van der Waals surface area contributed by atoms with Crippen LogP contribution in [0.3, 0.4) is 0 Å². The molecule has 1 fully saturated rings. The van der Waals surface area contributed by atoms with E-state index in [1.165, 1.54) is 11.1 Å². The molecule has 0 spiro atoms. The first-order chi connectivity index (χ1) is 10.1. The summed E-state index contributed by atoms with van der Waals surface area (Å²) in [6.07, 6.45) is 3.58. The minimum atomic E-state index is -1.02. The van der Waals surface area contributed by atoms with Gasteiger partial charge in [0.15, 0.2) is 0 Å². The quantitative estimate of drug-likeness (QED) is 0.800. The summed E-state index contributed by atoms with van der Waals surface area (Å²) in [6, 6.07) is 2.91. The fourth-order valence-electron chi connectivity index (χ4n) is 1.88. The molecule has 2 rings (SSSR count). The lowest BCUT2D eigenvalue weighted by molar-refractivity contribution is -0.137. The van der Waals surface area contributed by atoms with Gasteiger partial charge in [0.25, 0.3) is 0 Å². The van der Waals surface area contributed by atoms with Crippen LogP contribution in [0.5, 0.6) is 5.88 Å². The molecule has 1 saturated carbocycles. The Morgan fingerprint density at radius 3 is 2.76 bits per heavy atom. The van der Waals surface area contributed by atoms with Crippen molar-refractivity contribution in [2.45, 2.75) is 19.8 Å². The number of carboxylic acid groups (broad SMARTS) is 1. The second kappa shape index (κ2) is 6.92. The molecule has 0 aliphatic heterocycles. The highest BCUT2D eigenvalue weighted by atomic mass is 16.5. The molecule has 1 heterocycles. The highest BCUT2D eigenvalue weighted by Crippen LogP contribution is 2.29. The number of hydrogen-bond acceptors (Lipinski definition) is 4. The van der Waals surface area contributed by atoms with E-state index in [-0.39, 0.29) is 6.54 Å². The summed E-state index contributed by atoms with van der Waals surface area (Å²) in [6.45, 7) is 2.56.